The van der Waals surface area contributed by atoms with Crippen molar-refractivity contribution < 1.29 is 9.53 Å². The molecule has 0 unspecified atom stereocenters. The van der Waals surface area contributed by atoms with Crippen LogP contribution in [0.3, 0.4) is 0 Å². The van der Waals surface area contributed by atoms with Gasteiger partial charge in [0.2, 0.25) is 0 Å². The molecule has 15 heavy (non-hydrogen) atoms. The van der Waals surface area contributed by atoms with Gasteiger partial charge in [-0.25, -0.2) is 4.79 Å². The lowest BCUT2D eigenvalue weighted by Gasteiger charge is -2.09. The van der Waals surface area contributed by atoms with Gasteiger partial charge in [-0.2, -0.15) is 0 Å². The summed E-state index contributed by atoms with van der Waals surface area (Å²) in [4.78, 5) is 11.2. The SMILES string of the molecule is CCNC(=O)Nc1cc(OC)ccc1Cl. The smallest absolute Gasteiger partial charge is 0.319 e. The van der Waals surface area contributed by atoms with E-state index in [4.69, 9.17) is 16.3 Å². The second-order valence-corrected chi connectivity index (χ2v) is 3.24. The van der Waals surface area contributed by atoms with Gasteiger partial charge in [0.15, 0.2) is 0 Å². The maximum absolute atomic E-state index is 11.2. The highest BCUT2D eigenvalue weighted by atomic mass is 35.5. The number of nitrogens with one attached hydrogen (secondary N) is 2. The van der Waals surface area contributed by atoms with Crippen LogP contribution >= 0.6 is 11.6 Å². The van der Waals surface area contributed by atoms with Gasteiger partial charge < -0.3 is 15.4 Å². The zero-order valence-corrected chi connectivity index (χ0v) is 9.39. The average molecular weight is 229 g/mol. The van der Waals surface area contributed by atoms with E-state index < -0.39 is 0 Å². The highest BCUT2D eigenvalue weighted by molar-refractivity contribution is 6.33. The van der Waals surface area contributed by atoms with Gasteiger partial charge in [0.25, 0.3) is 0 Å². The molecule has 2 N–H and O–H groups in total. The molecule has 0 aromatic heterocycles. The number of methoxy groups -OCH3 is 1. The minimum absolute atomic E-state index is 0.285. The van der Waals surface area contributed by atoms with Crippen LogP contribution in [0.5, 0.6) is 5.75 Å². The zero-order chi connectivity index (χ0) is 11.3. The first-order valence-electron chi connectivity index (χ1n) is 4.55. The van der Waals surface area contributed by atoms with E-state index >= 15 is 0 Å². The fraction of sp³-hybridized carbons (Fsp3) is 0.300. The fourth-order valence-corrected chi connectivity index (χ4v) is 1.22. The number of anilines is 1. The van der Waals surface area contributed by atoms with Crippen LogP contribution in [0.25, 0.3) is 0 Å². The fourth-order valence-electron chi connectivity index (χ4n) is 1.05. The van der Waals surface area contributed by atoms with Crippen molar-refractivity contribution in [2.24, 2.45) is 0 Å². The molecule has 0 spiro atoms. The first-order chi connectivity index (χ1) is 7.17. The van der Waals surface area contributed by atoms with E-state index in [1.165, 1.54) is 0 Å². The molecule has 2 amide bonds. The summed E-state index contributed by atoms with van der Waals surface area (Å²) in [6, 6.07) is 4.78. The number of halogens is 1. The van der Waals surface area contributed by atoms with Crippen LogP contribution in [0.4, 0.5) is 10.5 Å². The number of hydrogen-bond acceptors (Lipinski definition) is 2. The molecule has 0 radical (unpaired) electrons. The van der Waals surface area contributed by atoms with Crippen molar-refractivity contribution in [1.29, 1.82) is 0 Å². The second kappa shape index (κ2) is 5.46. The minimum Gasteiger partial charge on any atom is -0.497 e. The molecule has 1 aromatic rings. The van der Waals surface area contributed by atoms with Crippen molar-refractivity contribution in [1.82, 2.24) is 5.32 Å². The lowest BCUT2D eigenvalue weighted by molar-refractivity contribution is 0.252. The summed E-state index contributed by atoms with van der Waals surface area (Å²) in [6.07, 6.45) is 0. The molecule has 1 aromatic carbocycles. The molecule has 4 nitrogen and oxygen atoms in total. The van der Waals surface area contributed by atoms with Crippen molar-refractivity contribution in [2.45, 2.75) is 6.92 Å². The van der Waals surface area contributed by atoms with Crippen LogP contribution in [0.1, 0.15) is 6.92 Å². The van der Waals surface area contributed by atoms with Crippen molar-refractivity contribution in [3.05, 3.63) is 23.2 Å². The Bertz CT molecular complexity index is 355. The van der Waals surface area contributed by atoms with Crippen molar-refractivity contribution in [3.63, 3.8) is 0 Å². The lowest BCUT2D eigenvalue weighted by atomic mass is 10.3. The van der Waals surface area contributed by atoms with E-state index in [1.54, 1.807) is 25.3 Å². The van der Waals surface area contributed by atoms with E-state index in [0.29, 0.717) is 23.0 Å². The van der Waals surface area contributed by atoms with Crippen LogP contribution < -0.4 is 15.4 Å². The van der Waals surface area contributed by atoms with Gasteiger partial charge in [0, 0.05) is 12.6 Å². The largest absolute Gasteiger partial charge is 0.497 e. The molecular weight excluding hydrogens is 216 g/mol. The minimum atomic E-state index is -0.285. The molecule has 0 atom stereocenters. The highest BCUT2D eigenvalue weighted by Crippen LogP contribution is 2.26. The van der Waals surface area contributed by atoms with E-state index in [0.717, 1.165) is 0 Å². The summed E-state index contributed by atoms with van der Waals surface area (Å²) in [7, 11) is 1.55. The highest BCUT2D eigenvalue weighted by Gasteiger charge is 2.05. The van der Waals surface area contributed by atoms with Gasteiger partial charge in [-0.3, -0.25) is 0 Å². The first kappa shape index (κ1) is 11.7. The van der Waals surface area contributed by atoms with Crippen molar-refractivity contribution in [3.8, 4) is 5.75 Å². The van der Waals surface area contributed by atoms with Gasteiger partial charge >= 0.3 is 6.03 Å². The Balaban J connectivity index is 2.79. The molecule has 0 saturated heterocycles. The number of ether oxygens (including phenoxy) is 1. The number of carbonyl (C=O) groups is 1. The van der Waals surface area contributed by atoms with Crippen LogP contribution in [-0.4, -0.2) is 19.7 Å². The van der Waals surface area contributed by atoms with Crippen LogP contribution in [0, 0.1) is 0 Å². The molecule has 1 rings (SSSR count). The maximum Gasteiger partial charge on any atom is 0.319 e. The Hall–Kier alpha value is -1.42. The van der Waals surface area contributed by atoms with Gasteiger partial charge in [0.1, 0.15) is 5.75 Å². The summed E-state index contributed by atoms with van der Waals surface area (Å²) in [6.45, 7) is 2.40. The summed E-state index contributed by atoms with van der Waals surface area (Å²) >= 11 is 5.90. The number of carbonyl (C=O) groups excluding carboxylic acids is 1. The second-order valence-electron chi connectivity index (χ2n) is 2.83. The van der Waals surface area contributed by atoms with Gasteiger partial charge in [-0.15, -0.1) is 0 Å². The molecule has 0 saturated carbocycles. The molecule has 0 bridgehead atoms. The number of benzene rings is 1. The third-order valence-corrected chi connectivity index (χ3v) is 2.09. The summed E-state index contributed by atoms with van der Waals surface area (Å²) in [5, 5.41) is 5.71. The molecule has 0 fully saturated rings. The Morgan fingerprint density at radius 2 is 2.27 bits per heavy atom. The monoisotopic (exact) mass is 228 g/mol. The number of amides is 2. The van der Waals surface area contributed by atoms with Crippen LogP contribution in [-0.2, 0) is 0 Å². The average Bonchev–Trinajstić information content (AvgIpc) is 2.21. The van der Waals surface area contributed by atoms with Crippen LogP contribution in [0.15, 0.2) is 18.2 Å². The van der Waals surface area contributed by atoms with E-state index in [1.807, 2.05) is 6.92 Å². The third kappa shape index (κ3) is 3.32. The van der Waals surface area contributed by atoms with E-state index in [9.17, 15) is 4.79 Å². The summed E-state index contributed by atoms with van der Waals surface area (Å²) < 4.78 is 5.02. The Morgan fingerprint density at radius 3 is 2.87 bits per heavy atom. The van der Waals surface area contributed by atoms with Crippen LogP contribution in [0.2, 0.25) is 5.02 Å². The predicted octanol–water partition coefficient (Wildman–Crippen LogP) is 2.49. The van der Waals surface area contributed by atoms with Crippen molar-refractivity contribution in [2.75, 3.05) is 19.0 Å². The summed E-state index contributed by atoms with van der Waals surface area (Å²) in [5.41, 5.74) is 0.530. The molecule has 5 heteroatoms. The standard InChI is InChI=1S/C10H13ClN2O2/c1-3-12-10(14)13-9-6-7(15-2)4-5-8(9)11/h4-6H,3H2,1-2H3,(H2,12,13,14). The quantitative estimate of drug-likeness (QED) is 0.835. The van der Waals surface area contributed by atoms with E-state index in [2.05, 4.69) is 10.6 Å². The Labute approximate surface area is 93.6 Å². The third-order valence-electron chi connectivity index (χ3n) is 1.76. The normalized spacial score (nSPS) is 9.53. The maximum atomic E-state index is 11.2. The molecule has 0 aliphatic heterocycles. The van der Waals surface area contributed by atoms with Gasteiger partial charge in [0.05, 0.1) is 17.8 Å². The van der Waals surface area contributed by atoms with Gasteiger partial charge in [-0.05, 0) is 19.1 Å². The van der Waals surface area contributed by atoms with Gasteiger partial charge in [-0.1, -0.05) is 11.6 Å². The first-order valence-corrected chi connectivity index (χ1v) is 4.93. The molecule has 0 aliphatic rings. The Morgan fingerprint density at radius 1 is 1.53 bits per heavy atom. The number of hydrogen-bond donors (Lipinski definition) is 2. The lowest BCUT2D eigenvalue weighted by Crippen LogP contribution is -2.28. The molecule has 0 heterocycles. The molecule has 0 aliphatic carbocycles. The predicted molar refractivity (Wildman–Crippen MR) is 60.7 cm³/mol. The topological polar surface area (TPSA) is 50.4 Å². The number of urea groups is 1. The Kier molecular flexibility index (Phi) is 4.24. The zero-order valence-electron chi connectivity index (χ0n) is 8.63. The van der Waals surface area contributed by atoms with E-state index in [-0.39, 0.29) is 6.03 Å². The molecular formula is C10H13ClN2O2. The molecule has 82 valence electrons. The number of rotatable bonds is 3. The van der Waals surface area contributed by atoms with Crippen molar-refractivity contribution >= 4 is 23.3 Å². The summed E-state index contributed by atoms with van der Waals surface area (Å²) in [5.74, 6) is 0.645.